The van der Waals surface area contributed by atoms with Crippen molar-refractivity contribution in [2.45, 2.75) is 25.7 Å². The van der Waals surface area contributed by atoms with Gasteiger partial charge in [-0.25, -0.2) is 0 Å². The molecule has 0 amide bonds. The van der Waals surface area contributed by atoms with Crippen LogP contribution in [-0.2, 0) is 0 Å². The minimum absolute atomic E-state index is 1.24. The molecule has 2 aliphatic carbocycles. The minimum atomic E-state index is 1.24. The fourth-order valence-corrected chi connectivity index (χ4v) is 2.63. The molecule has 2 rings (SSSR count). The summed E-state index contributed by atoms with van der Waals surface area (Å²) in [7, 11) is 1.24. The van der Waals surface area contributed by atoms with Gasteiger partial charge in [-0.2, -0.15) is 0 Å². The molecule has 0 unspecified atom stereocenters. The lowest BCUT2D eigenvalue weighted by Crippen LogP contribution is -2.00. The van der Waals surface area contributed by atoms with Gasteiger partial charge in [-0.05, 0) is 31.3 Å². The third kappa shape index (κ3) is 0.890. The lowest BCUT2D eigenvalue weighted by molar-refractivity contribution is 0.691. The van der Waals surface area contributed by atoms with Crippen LogP contribution in [-0.4, -0.2) is 10.2 Å². The molecule has 0 saturated heterocycles. The third-order valence-corrected chi connectivity index (χ3v) is 3.46. The molecule has 2 aliphatic rings. The average molecular weight is 149 g/mol. The maximum absolute atomic E-state index is 2.33. The maximum Gasteiger partial charge on any atom is 0.0217 e. The smallest absolute Gasteiger partial charge is 0.0217 e. The zero-order chi connectivity index (χ0) is 6.97. The summed E-state index contributed by atoms with van der Waals surface area (Å²) in [4.78, 5) is 0. The summed E-state index contributed by atoms with van der Waals surface area (Å²) in [5.41, 5.74) is 5.00. The Labute approximate surface area is 65.4 Å². The number of hydrogen-bond acceptors (Lipinski definition) is 0. The van der Waals surface area contributed by atoms with Crippen LogP contribution in [0, 0.1) is 5.54 Å². The van der Waals surface area contributed by atoms with Crippen molar-refractivity contribution in [3.8, 4) is 0 Å². The van der Waals surface area contributed by atoms with Crippen LogP contribution in [0.25, 0.3) is 0 Å². The van der Waals surface area contributed by atoms with E-state index in [1.54, 1.807) is 16.7 Å². The standard InChI is InChI=1S/C9H13Si/c10-9-6-5-7-3-1-2-4-8(7)9/h5-6H,1-4H2,10H3. The highest BCUT2D eigenvalue weighted by Gasteiger charge is 2.18. The Balaban J connectivity index is 2.27. The Bertz CT molecular complexity index is 201. The van der Waals surface area contributed by atoms with Gasteiger partial charge in [-0.3, -0.25) is 0 Å². The molecule has 1 radical (unpaired) electrons. The second kappa shape index (κ2) is 2.39. The fraction of sp³-hybridized carbons (Fsp3) is 0.444. The summed E-state index contributed by atoms with van der Waals surface area (Å²) in [6, 6.07) is 0. The summed E-state index contributed by atoms with van der Waals surface area (Å²) < 4.78 is 0. The van der Waals surface area contributed by atoms with E-state index in [9.17, 15) is 0 Å². The number of hydrogen-bond donors (Lipinski definition) is 0. The highest BCUT2D eigenvalue weighted by Crippen LogP contribution is 2.35. The molecule has 0 saturated carbocycles. The molecule has 10 heavy (non-hydrogen) atoms. The van der Waals surface area contributed by atoms with Gasteiger partial charge in [-0.1, -0.05) is 17.7 Å². The van der Waals surface area contributed by atoms with Crippen molar-refractivity contribution < 1.29 is 0 Å². The van der Waals surface area contributed by atoms with E-state index in [0.29, 0.717) is 0 Å². The Kier molecular flexibility index (Phi) is 1.53. The van der Waals surface area contributed by atoms with Crippen LogP contribution in [0.3, 0.4) is 0 Å². The van der Waals surface area contributed by atoms with Crippen LogP contribution in [0.15, 0.2) is 23.3 Å². The number of rotatable bonds is 0. The molecule has 0 N–H and O–H groups in total. The van der Waals surface area contributed by atoms with Crippen LogP contribution in [0.1, 0.15) is 25.7 Å². The molecule has 0 aromatic heterocycles. The van der Waals surface area contributed by atoms with Crippen LogP contribution >= 0.6 is 0 Å². The van der Waals surface area contributed by atoms with Gasteiger partial charge in [0, 0.05) is 15.8 Å². The topological polar surface area (TPSA) is 0 Å². The van der Waals surface area contributed by atoms with Crippen molar-refractivity contribution in [1.29, 1.82) is 0 Å². The maximum atomic E-state index is 2.33. The molecule has 0 heterocycles. The molecule has 0 atom stereocenters. The van der Waals surface area contributed by atoms with E-state index in [0.717, 1.165) is 0 Å². The van der Waals surface area contributed by atoms with Crippen LogP contribution < -0.4 is 0 Å². The molecule has 0 spiro atoms. The second-order valence-corrected chi connectivity index (χ2v) is 4.30. The lowest BCUT2D eigenvalue weighted by atomic mass is 9.94. The summed E-state index contributed by atoms with van der Waals surface area (Å²) in [5.74, 6) is 0. The quantitative estimate of drug-likeness (QED) is 0.456. The zero-order valence-corrected chi connectivity index (χ0v) is 8.48. The molecule has 53 valence electrons. The predicted molar refractivity (Wildman–Crippen MR) is 47.8 cm³/mol. The van der Waals surface area contributed by atoms with Gasteiger partial charge in [0.05, 0.1) is 0 Å². The Morgan fingerprint density at radius 1 is 1.10 bits per heavy atom. The van der Waals surface area contributed by atoms with Gasteiger partial charge in [-0.15, -0.1) is 0 Å². The molecular formula is C9H13Si. The van der Waals surface area contributed by atoms with Crippen LogP contribution in [0.5, 0.6) is 0 Å². The molecule has 1 heteroatoms. The van der Waals surface area contributed by atoms with Crippen molar-refractivity contribution in [2.75, 3.05) is 0 Å². The van der Waals surface area contributed by atoms with Crippen molar-refractivity contribution in [3.05, 3.63) is 28.8 Å². The SMILES string of the molecule is [SiH3][C]1C=CC2=C1CCCC2. The molecule has 0 aromatic carbocycles. The first-order chi connectivity index (χ1) is 4.88. The minimum Gasteiger partial charge on any atom is -0.0769 e. The van der Waals surface area contributed by atoms with E-state index < -0.39 is 0 Å². The van der Waals surface area contributed by atoms with Gasteiger partial charge in [0.25, 0.3) is 0 Å². The second-order valence-electron chi connectivity index (χ2n) is 3.23. The molecular weight excluding hydrogens is 136 g/mol. The highest BCUT2D eigenvalue weighted by molar-refractivity contribution is 6.23. The van der Waals surface area contributed by atoms with E-state index in [2.05, 4.69) is 12.2 Å². The Morgan fingerprint density at radius 3 is 2.70 bits per heavy atom. The summed E-state index contributed by atoms with van der Waals surface area (Å²) in [6.45, 7) is 0. The molecule has 0 fully saturated rings. The predicted octanol–water partition coefficient (Wildman–Crippen LogP) is 1.32. The van der Waals surface area contributed by atoms with Gasteiger partial charge in [0.1, 0.15) is 0 Å². The lowest BCUT2D eigenvalue weighted by Gasteiger charge is -2.15. The first-order valence-electron chi connectivity index (χ1n) is 4.12. The first kappa shape index (κ1) is 6.41. The Morgan fingerprint density at radius 2 is 1.90 bits per heavy atom. The zero-order valence-electron chi connectivity index (χ0n) is 6.48. The van der Waals surface area contributed by atoms with Gasteiger partial charge >= 0.3 is 0 Å². The summed E-state index contributed by atoms with van der Waals surface area (Å²) >= 11 is 0. The largest absolute Gasteiger partial charge is 0.0769 e. The van der Waals surface area contributed by atoms with Crippen molar-refractivity contribution >= 4 is 10.2 Å². The monoisotopic (exact) mass is 149 g/mol. The fourth-order valence-electron chi connectivity index (χ4n) is 1.89. The highest BCUT2D eigenvalue weighted by atomic mass is 28.1. The van der Waals surface area contributed by atoms with Gasteiger partial charge in [0.2, 0.25) is 0 Å². The Hall–Kier alpha value is -0.303. The van der Waals surface area contributed by atoms with E-state index in [4.69, 9.17) is 0 Å². The van der Waals surface area contributed by atoms with Gasteiger partial charge < -0.3 is 0 Å². The molecule has 0 aromatic rings. The average Bonchev–Trinajstić information content (AvgIpc) is 2.34. The van der Waals surface area contributed by atoms with E-state index >= 15 is 0 Å². The van der Waals surface area contributed by atoms with Crippen LogP contribution in [0.4, 0.5) is 0 Å². The number of allylic oxidation sites excluding steroid dienone is 4. The van der Waals surface area contributed by atoms with Crippen molar-refractivity contribution in [1.82, 2.24) is 0 Å². The van der Waals surface area contributed by atoms with E-state index in [1.807, 2.05) is 0 Å². The summed E-state index contributed by atoms with van der Waals surface area (Å²) in [5, 5.41) is 0. The van der Waals surface area contributed by atoms with E-state index in [-0.39, 0.29) is 0 Å². The normalized spacial score (nSPS) is 26.0. The first-order valence-corrected chi connectivity index (χ1v) is 5.12. The third-order valence-electron chi connectivity index (χ3n) is 2.52. The van der Waals surface area contributed by atoms with E-state index in [1.165, 1.54) is 35.9 Å². The molecule has 0 nitrogen and oxygen atoms in total. The van der Waals surface area contributed by atoms with Gasteiger partial charge in [0.15, 0.2) is 0 Å². The van der Waals surface area contributed by atoms with Crippen LogP contribution in [0.2, 0.25) is 0 Å². The summed E-state index contributed by atoms with van der Waals surface area (Å²) in [6.07, 6.45) is 10.2. The molecule has 0 bridgehead atoms. The molecule has 0 aliphatic heterocycles. The van der Waals surface area contributed by atoms with Crippen molar-refractivity contribution in [3.63, 3.8) is 0 Å². The van der Waals surface area contributed by atoms with Crippen molar-refractivity contribution in [2.24, 2.45) is 0 Å².